The highest BCUT2D eigenvalue weighted by atomic mass is 16.5. The van der Waals surface area contributed by atoms with Crippen LogP contribution < -0.4 is 5.32 Å². The molecule has 0 aliphatic heterocycles. The van der Waals surface area contributed by atoms with Gasteiger partial charge in [-0.1, -0.05) is 6.92 Å². The van der Waals surface area contributed by atoms with E-state index in [4.69, 9.17) is 4.74 Å². The summed E-state index contributed by atoms with van der Waals surface area (Å²) in [6.07, 6.45) is 0.807. The zero-order valence-electron chi connectivity index (χ0n) is 12.1. The average Bonchev–Trinajstić information content (AvgIpc) is 2.30. The maximum atomic E-state index is 9.17. The van der Waals surface area contributed by atoms with Crippen molar-refractivity contribution >= 4 is 0 Å². The van der Waals surface area contributed by atoms with Crippen molar-refractivity contribution in [1.82, 2.24) is 10.2 Å². The molecule has 100 valence electrons. The van der Waals surface area contributed by atoms with E-state index in [2.05, 4.69) is 37.1 Å². The van der Waals surface area contributed by atoms with Crippen molar-refractivity contribution in [2.45, 2.75) is 51.7 Å². The second-order valence-corrected chi connectivity index (χ2v) is 4.88. The van der Waals surface area contributed by atoms with Crippen LogP contribution in [0.2, 0.25) is 0 Å². The van der Waals surface area contributed by atoms with E-state index in [9.17, 15) is 5.26 Å². The van der Waals surface area contributed by atoms with E-state index in [1.165, 1.54) is 0 Å². The Morgan fingerprint density at radius 3 is 2.35 bits per heavy atom. The summed E-state index contributed by atoms with van der Waals surface area (Å²) >= 11 is 0. The summed E-state index contributed by atoms with van der Waals surface area (Å²) in [7, 11) is 3.56. The largest absolute Gasteiger partial charge is 0.383 e. The maximum Gasteiger partial charge on any atom is 0.105 e. The van der Waals surface area contributed by atoms with Crippen molar-refractivity contribution in [1.29, 1.82) is 5.26 Å². The highest BCUT2D eigenvalue weighted by molar-refractivity contribution is 5.04. The molecule has 0 saturated heterocycles. The van der Waals surface area contributed by atoms with E-state index >= 15 is 0 Å². The topological polar surface area (TPSA) is 48.3 Å². The van der Waals surface area contributed by atoms with Crippen LogP contribution in [0.5, 0.6) is 0 Å². The van der Waals surface area contributed by atoms with Gasteiger partial charge in [0, 0.05) is 19.2 Å². The number of nitrogens with one attached hydrogen (secondary N) is 1. The Hall–Kier alpha value is -0.630. The molecule has 0 aromatic heterocycles. The van der Waals surface area contributed by atoms with Crippen LogP contribution >= 0.6 is 0 Å². The molecule has 3 unspecified atom stereocenters. The van der Waals surface area contributed by atoms with E-state index in [0.29, 0.717) is 12.1 Å². The molecule has 17 heavy (non-hydrogen) atoms. The van der Waals surface area contributed by atoms with E-state index in [1.54, 1.807) is 7.11 Å². The fraction of sp³-hybridized carbons (Fsp3) is 0.923. The normalized spacial score (nSPS) is 18.5. The first-order valence-corrected chi connectivity index (χ1v) is 6.29. The number of hydrogen-bond donors (Lipinski definition) is 1. The molecule has 1 N–H and O–H groups in total. The molecule has 0 heterocycles. The van der Waals surface area contributed by atoms with Gasteiger partial charge < -0.3 is 10.1 Å². The number of hydrogen-bond acceptors (Lipinski definition) is 4. The molecule has 0 amide bonds. The van der Waals surface area contributed by atoms with E-state index in [0.717, 1.165) is 19.6 Å². The molecule has 0 aromatic carbocycles. The van der Waals surface area contributed by atoms with Crippen LogP contribution in [0.1, 0.15) is 34.1 Å². The van der Waals surface area contributed by atoms with Crippen LogP contribution in [0.15, 0.2) is 0 Å². The van der Waals surface area contributed by atoms with Gasteiger partial charge in [0.2, 0.25) is 0 Å². The Kier molecular flexibility index (Phi) is 7.37. The molecule has 0 aliphatic carbocycles. The van der Waals surface area contributed by atoms with E-state index in [1.807, 2.05) is 14.0 Å². The first-order valence-electron chi connectivity index (χ1n) is 6.29. The number of likely N-dealkylation sites (N-methyl/N-ethyl adjacent to an activating group) is 1. The molecule has 0 saturated carbocycles. The molecule has 0 bridgehead atoms. The lowest BCUT2D eigenvalue weighted by atomic mass is 9.94. The lowest BCUT2D eigenvalue weighted by Crippen LogP contribution is -2.49. The van der Waals surface area contributed by atoms with Gasteiger partial charge in [-0.15, -0.1) is 0 Å². The lowest BCUT2D eigenvalue weighted by molar-refractivity contribution is 0.0698. The molecular weight excluding hydrogens is 214 g/mol. The standard InChI is InChI=1S/C13H27N3O/c1-7-16(12(3)9-17-6)11(2)8-13(4,10-14)15-5/h11-12,15H,7-9H2,1-6H3. The van der Waals surface area contributed by atoms with Gasteiger partial charge >= 0.3 is 0 Å². The Morgan fingerprint density at radius 2 is 2.00 bits per heavy atom. The monoisotopic (exact) mass is 241 g/mol. The third kappa shape index (κ3) is 5.03. The fourth-order valence-electron chi connectivity index (χ4n) is 2.31. The van der Waals surface area contributed by atoms with Gasteiger partial charge in [-0.3, -0.25) is 4.90 Å². The smallest absolute Gasteiger partial charge is 0.105 e. The number of rotatable bonds is 8. The van der Waals surface area contributed by atoms with Gasteiger partial charge in [0.05, 0.1) is 12.7 Å². The summed E-state index contributed by atoms with van der Waals surface area (Å²) in [5, 5.41) is 12.3. The molecule has 0 fully saturated rings. The van der Waals surface area contributed by atoms with Crippen LogP contribution in [-0.2, 0) is 4.74 Å². The molecule has 0 aromatic rings. The predicted molar refractivity (Wildman–Crippen MR) is 70.9 cm³/mol. The summed E-state index contributed by atoms with van der Waals surface area (Å²) in [6.45, 7) is 10.1. The summed E-state index contributed by atoms with van der Waals surface area (Å²) in [5.41, 5.74) is -0.459. The third-order valence-corrected chi connectivity index (χ3v) is 3.41. The molecule has 0 aliphatic rings. The summed E-state index contributed by atoms with van der Waals surface area (Å²) in [4.78, 5) is 2.37. The Labute approximate surface area is 106 Å². The molecule has 0 rings (SSSR count). The minimum Gasteiger partial charge on any atom is -0.383 e. The van der Waals surface area contributed by atoms with Gasteiger partial charge in [-0.25, -0.2) is 0 Å². The Balaban J connectivity index is 4.55. The van der Waals surface area contributed by atoms with E-state index < -0.39 is 5.54 Å². The van der Waals surface area contributed by atoms with Crippen LogP contribution in [0.3, 0.4) is 0 Å². The van der Waals surface area contributed by atoms with Crippen molar-refractivity contribution in [2.75, 3.05) is 27.3 Å². The first kappa shape index (κ1) is 16.4. The average molecular weight is 241 g/mol. The van der Waals surface area contributed by atoms with Crippen molar-refractivity contribution in [2.24, 2.45) is 0 Å². The van der Waals surface area contributed by atoms with Gasteiger partial charge in [0.15, 0.2) is 0 Å². The summed E-state index contributed by atoms with van der Waals surface area (Å²) < 4.78 is 5.20. The second-order valence-electron chi connectivity index (χ2n) is 4.88. The minimum atomic E-state index is -0.459. The third-order valence-electron chi connectivity index (χ3n) is 3.41. The summed E-state index contributed by atoms with van der Waals surface area (Å²) in [5.74, 6) is 0. The van der Waals surface area contributed by atoms with Crippen LogP contribution in [0.25, 0.3) is 0 Å². The molecule has 0 radical (unpaired) electrons. The zero-order valence-corrected chi connectivity index (χ0v) is 12.1. The van der Waals surface area contributed by atoms with Gasteiger partial charge in [-0.05, 0) is 40.8 Å². The molecule has 4 heteroatoms. The fourth-order valence-corrected chi connectivity index (χ4v) is 2.31. The predicted octanol–water partition coefficient (Wildman–Crippen LogP) is 1.62. The highest BCUT2D eigenvalue weighted by Gasteiger charge is 2.28. The van der Waals surface area contributed by atoms with Crippen molar-refractivity contribution in [3.63, 3.8) is 0 Å². The van der Waals surface area contributed by atoms with Crippen molar-refractivity contribution in [3.8, 4) is 6.07 Å². The molecule has 4 nitrogen and oxygen atoms in total. The Morgan fingerprint density at radius 1 is 1.41 bits per heavy atom. The van der Waals surface area contributed by atoms with Crippen molar-refractivity contribution < 1.29 is 4.74 Å². The van der Waals surface area contributed by atoms with Crippen molar-refractivity contribution in [3.05, 3.63) is 0 Å². The molecular formula is C13H27N3O. The van der Waals surface area contributed by atoms with Gasteiger partial charge in [0.25, 0.3) is 0 Å². The maximum absolute atomic E-state index is 9.17. The molecule has 3 atom stereocenters. The number of methoxy groups -OCH3 is 1. The number of nitrogens with zero attached hydrogens (tertiary/aromatic N) is 2. The number of ether oxygens (including phenoxy) is 1. The van der Waals surface area contributed by atoms with Crippen LogP contribution in [-0.4, -0.2) is 49.8 Å². The second kappa shape index (κ2) is 7.65. The number of nitriles is 1. The summed E-state index contributed by atoms with van der Waals surface area (Å²) in [6, 6.07) is 3.06. The van der Waals surface area contributed by atoms with Gasteiger partial charge in [-0.2, -0.15) is 5.26 Å². The van der Waals surface area contributed by atoms with Crippen LogP contribution in [0, 0.1) is 11.3 Å². The SMILES string of the molecule is CCN(C(C)COC)C(C)CC(C)(C#N)NC. The minimum absolute atomic E-state index is 0.349. The lowest BCUT2D eigenvalue weighted by Gasteiger charge is -2.36. The van der Waals surface area contributed by atoms with Gasteiger partial charge in [0.1, 0.15) is 5.54 Å². The highest BCUT2D eigenvalue weighted by Crippen LogP contribution is 2.17. The Bertz CT molecular complexity index is 252. The quantitative estimate of drug-likeness (QED) is 0.701. The van der Waals surface area contributed by atoms with E-state index in [-0.39, 0.29) is 0 Å². The first-order chi connectivity index (χ1) is 7.94. The van der Waals surface area contributed by atoms with Crippen LogP contribution in [0.4, 0.5) is 0 Å². The zero-order chi connectivity index (χ0) is 13.5. The molecule has 0 spiro atoms.